The summed E-state index contributed by atoms with van der Waals surface area (Å²) in [6.45, 7) is 5.63. The number of aromatic nitrogens is 1. The Balaban J connectivity index is 1.92. The summed E-state index contributed by atoms with van der Waals surface area (Å²) in [6, 6.07) is 9.44. The molecular formula is C19H22N2O3. The number of ether oxygens (including phenoxy) is 2. The lowest BCUT2D eigenvalue weighted by Gasteiger charge is -2.30. The predicted molar refractivity (Wildman–Crippen MR) is 91.3 cm³/mol. The van der Waals surface area contributed by atoms with Gasteiger partial charge in [0.15, 0.2) is 11.5 Å². The molecule has 1 aromatic heterocycles. The first-order valence-corrected chi connectivity index (χ1v) is 8.29. The quantitative estimate of drug-likeness (QED) is 0.846. The number of carbonyl (C=O) groups is 1. The lowest BCUT2D eigenvalue weighted by atomic mass is 10.1. The van der Waals surface area contributed by atoms with Crippen LogP contribution < -0.4 is 9.47 Å². The Hall–Kier alpha value is -2.56. The van der Waals surface area contributed by atoms with Gasteiger partial charge in [0.05, 0.1) is 5.56 Å². The summed E-state index contributed by atoms with van der Waals surface area (Å²) in [5.41, 5.74) is 1.56. The standard InChI is InChI=1S/C19H22N2O3/c1-3-14(2)21(13-15-6-5-9-20-12-15)19(22)16-7-4-8-17-18(16)24-11-10-23-17/h4-9,12,14H,3,10-11,13H2,1-2H3. The highest BCUT2D eigenvalue weighted by Gasteiger charge is 2.26. The molecule has 5 heteroatoms. The lowest BCUT2D eigenvalue weighted by molar-refractivity contribution is 0.0661. The van der Waals surface area contributed by atoms with Gasteiger partial charge in [-0.15, -0.1) is 0 Å². The predicted octanol–water partition coefficient (Wildman–Crippen LogP) is 3.29. The highest BCUT2D eigenvalue weighted by atomic mass is 16.6. The largest absolute Gasteiger partial charge is 0.486 e. The van der Waals surface area contributed by atoms with Crippen LogP contribution in [0.2, 0.25) is 0 Å². The fourth-order valence-corrected chi connectivity index (χ4v) is 2.73. The summed E-state index contributed by atoms with van der Waals surface area (Å²) < 4.78 is 11.3. The molecule has 1 aromatic carbocycles. The van der Waals surface area contributed by atoms with Gasteiger partial charge < -0.3 is 14.4 Å². The van der Waals surface area contributed by atoms with Crippen molar-refractivity contribution in [2.24, 2.45) is 0 Å². The van der Waals surface area contributed by atoms with E-state index in [1.54, 1.807) is 18.5 Å². The van der Waals surface area contributed by atoms with Crippen molar-refractivity contribution in [2.45, 2.75) is 32.9 Å². The Morgan fingerprint density at radius 3 is 2.83 bits per heavy atom. The van der Waals surface area contributed by atoms with E-state index in [0.717, 1.165) is 12.0 Å². The maximum absolute atomic E-state index is 13.2. The van der Waals surface area contributed by atoms with Crippen molar-refractivity contribution in [1.82, 2.24) is 9.88 Å². The molecule has 1 unspecified atom stereocenters. The summed E-state index contributed by atoms with van der Waals surface area (Å²) >= 11 is 0. The van der Waals surface area contributed by atoms with E-state index in [-0.39, 0.29) is 11.9 Å². The first-order valence-electron chi connectivity index (χ1n) is 8.29. The van der Waals surface area contributed by atoms with Gasteiger partial charge in [-0.05, 0) is 37.1 Å². The van der Waals surface area contributed by atoms with Gasteiger partial charge in [0.1, 0.15) is 13.2 Å². The van der Waals surface area contributed by atoms with E-state index >= 15 is 0 Å². The highest BCUT2D eigenvalue weighted by molar-refractivity contribution is 5.98. The second-order valence-electron chi connectivity index (χ2n) is 5.88. The molecule has 0 bridgehead atoms. The van der Waals surface area contributed by atoms with Crippen LogP contribution in [0.3, 0.4) is 0 Å². The fourth-order valence-electron chi connectivity index (χ4n) is 2.73. The summed E-state index contributed by atoms with van der Waals surface area (Å²) in [4.78, 5) is 19.2. The molecule has 126 valence electrons. The van der Waals surface area contributed by atoms with Gasteiger partial charge in [-0.3, -0.25) is 9.78 Å². The molecule has 0 spiro atoms. The van der Waals surface area contributed by atoms with E-state index < -0.39 is 0 Å². The van der Waals surface area contributed by atoms with Crippen LogP contribution in [-0.2, 0) is 6.54 Å². The van der Waals surface area contributed by atoms with Crippen molar-refractivity contribution in [3.63, 3.8) is 0 Å². The van der Waals surface area contributed by atoms with Crippen molar-refractivity contribution in [3.8, 4) is 11.5 Å². The van der Waals surface area contributed by atoms with Crippen LogP contribution in [0.1, 0.15) is 36.2 Å². The average Bonchev–Trinajstić information content (AvgIpc) is 2.65. The van der Waals surface area contributed by atoms with Crippen LogP contribution in [0.25, 0.3) is 0 Å². The molecule has 1 amide bonds. The zero-order valence-electron chi connectivity index (χ0n) is 14.1. The molecule has 0 radical (unpaired) electrons. The molecule has 0 aliphatic carbocycles. The van der Waals surface area contributed by atoms with Gasteiger partial charge in [-0.2, -0.15) is 0 Å². The molecule has 0 fully saturated rings. The smallest absolute Gasteiger partial charge is 0.258 e. The molecule has 1 aliphatic rings. The lowest BCUT2D eigenvalue weighted by Crippen LogP contribution is -2.38. The molecule has 24 heavy (non-hydrogen) atoms. The summed E-state index contributed by atoms with van der Waals surface area (Å²) in [7, 11) is 0. The van der Waals surface area contributed by atoms with E-state index in [2.05, 4.69) is 18.8 Å². The maximum atomic E-state index is 13.2. The third-order valence-corrected chi connectivity index (χ3v) is 4.26. The minimum atomic E-state index is -0.0458. The zero-order valence-corrected chi connectivity index (χ0v) is 14.1. The number of pyridine rings is 1. The van der Waals surface area contributed by atoms with Crippen LogP contribution >= 0.6 is 0 Å². The summed E-state index contributed by atoms with van der Waals surface area (Å²) in [6.07, 6.45) is 4.40. The van der Waals surface area contributed by atoms with E-state index in [4.69, 9.17) is 9.47 Å². The second kappa shape index (κ2) is 7.34. The van der Waals surface area contributed by atoms with Gasteiger partial charge in [0, 0.05) is 25.0 Å². The molecule has 0 saturated carbocycles. The fraction of sp³-hybridized carbons (Fsp3) is 0.368. The van der Waals surface area contributed by atoms with Gasteiger partial charge >= 0.3 is 0 Å². The van der Waals surface area contributed by atoms with Crippen molar-refractivity contribution in [2.75, 3.05) is 13.2 Å². The van der Waals surface area contributed by atoms with Crippen molar-refractivity contribution < 1.29 is 14.3 Å². The Labute approximate surface area is 142 Å². The van der Waals surface area contributed by atoms with Crippen LogP contribution in [0, 0.1) is 0 Å². The van der Waals surface area contributed by atoms with Crippen molar-refractivity contribution >= 4 is 5.91 Å². The van der Waals surface area contributed by atoms with Crippen LogP contribution in [-0.4, -0.2) is 35.0 Å². The number of nitrogens with zero attached hydrogens (tertiary/aromatic N) is 2. The van der Waals surface area contributed by atoms with Gasteiger partial charge in [-0.25, -0.2) is 0 Å². The third-order valence-electron chi connectivity index (χ3n) is 4.26. The topological polar surface area (TPSA) is 51.7 Å². The monoisotopic (exact) mass is 326 g/mol. The Morgan fingerprint density at radius 2 is 2.08 bits per heavy atom. The average molecular weight is 326 g/mol. The molecule has 1 atom stereocenters. The van der Waals surface area contributed by atoms with E-state index in [1.165, 1.54) is 0 Å². The highest BCUT2D eigenvalue weighted by Crippen LogP contribution is 2.34. The number of carbonyl (C=O) groups excluding carboxylic acids is 1. The molecular weight excluding hydrogens is 304 g/mol. The van der Waals surface area contributed by atoms with E-state index in [0.29, 0.717) is 36.8 Å². The molecule has 0 N–H and O–H groups in total. The summed E-state index contributed by atoms with van der Waals surface area (Å²) in [5, 5.41) is 0. The molecule has 2 aromatic rings. The molecule has 0 saturated heterocycles. The minimum absolute atomic E-state index is 0.0458. The summed E-state index contributed by atoms with van der Waals surface area (Å²) in [5.74, 6) is 1.14. The van der Waals surface area contributed by atoms with Gasteiger partial charge in [0.2, 0.25) is 0 Å². The molecule has 5 nitrogen and oxygen atoms in total. The Kier molecular flexibility index (Phi) is 4.99. The normalized spacial score (nSPS) is 14.1. The first-order chi connectivity index (χ1) is 11.7. The van der Waals surface area contributed by atoms with Crippen LogP contribution in [0.15, 0.2) is 42.7 Å². The molecule has 2 heterocycles. The van der Waals surface area contributed by atoms with Crippen LogP contribution in [0.4, 0.5) is 0 Å². The number of para-hydroxylation sites is 1. The number of fused-ring (bicyclic) bond motifs is 1. The Morgan fingerprint density at radius 1 is 1.25 bits per heavy atom. The SMILES string of the molecule is CCC(C)N(Cc1cccnc1)C(=O)c1cccc2c1OCCO2. The van der Waals surface area contributed by atoms with E-state index in [1.807, 2.05) is 29.2 Å². The second-order valence-corrected chi connectivity index (χ2v) is 5.88. The third kappa shape index (κ3) is 3.35. The molecule has 3 rings (SSSR count). The Bertz CT molecular complexity index is 703. The number of benzene rings is 1. The number of amides is 1. The number of hydrogen-bond donors (Lipinski definition) is 0. The van der Waals surface area contributed by atoms with E-state index in [9.17, 15) is 4.79 Å². The van der Waals surface area contributed by atoms with Gasteiger partial charge in [0.25, 0.3) is 5.91 Å². The molecule has 1 aliphatic heterocycles. The van der Waals surface area contributed by atoms with Crippen molar-refractivity contribution in [1.29, 1.82) is 0 Å². The van der Waals surface area contributed by atoms with Gasteiger partial charge in [-0.1, -0.05) is 19.1 Å². The maximum Gasteiger partial charge on any atom is 0.258 e. The first kappa shape index (κ1) is 16.3. The zero-order chi connectivity index (χ0) is 16.9. The minimum Gasteiger partial charge on any atom is -0.486 e. The van der Waals surface area contributed by atoms with Crippen LogP contribution in [0.5, 0.6) is 11.5 Å². The number of hydrogen-bond acceptors (Lipinski definition) is 4. The number of rotatable bonds is 5. The van der Waals surface area contributed by atoms with Crippen molar-refractivity contribution in [3.05, 3.63) is 53.9 Å².